The molecule has 4 aromatic heterocycles. The Bertz CT molecular complexity index is 3040. The molecule has 3 N–H and O–H groups in total. The monoisotopic (exact) mass is 959 g/mol. The number of carbonyl (C=O) groups is 3. The van der Waals surface area contributed by atoms with Crippen LogP contribution in [0.3, 0.4) is 0 Å². The minimum Gasteiger partial charge on any atom is -0.386 e. The second kappa shape index (κ2) is 19.1. The van der Waals surface area contributed by atoms with Gasteiger partial charge in [-0.15, -0.1) is 5.10 Å². The molecule has 3 amide bonds. The van der Waals surface area contributed by atoms with Crippen LogP contribution in [0, 0.1) is 35.2 Å². The summed E-state index contributed by atoms with van der Waals surface area (Å²) >= 11 is 0. The van der Waals surface area contributed by atoms with Crippen LogP contribution in [0.4, 0.5) is 24.5 Å². The Balaban J connectivity index is 0.708. The number of aromatic nitrogens is 6. The molecule has 0 saturated carbocycles. The number of amides is 3. The van der Waals surface area contributed by atoms with E-state index in [0.717, 1.165) is 41.8 Å². The Morgan fingerprint density at radius 1 is 0.857 bits per heavy atom. The number of hydrogen-bond donors (Lipinski definition) is 3. The molecule has 3 unspecified atom stereocenters. The van der Waals surface area contributed by atoms with E-state index in [1.165, 1.54) is 29.0 Å². The smallest absolute Gasteiger partial charge is 0.257 e. The summed E-state index contributed by atoms with van der Waals surface area (Å²) in [5, 5.41) is 24.5. The quantitative estimate of drug-likeness (QED) is 0.145. The van der Waals surface area contributed by atoms with Crippen molar-refractivity contribution < 1.29 is 32.7 Å². The van der Waals surface area contributed by atoms with Gasteiger partial charge in [0.15, 0.2) is 5.82 Å². The molecular formula is C51H56F3N11O5. The van der Waals surface area contributed by atoms with Gasteiger partial charge in [-0.2, -0.15) is 0 Å². The maximum absolute atomic E-state index is 15.8. The molecule has 10 rings (SSSR count). The van der Waals surface area contributed by atoms with Gasteiger partial charge in [-0.3, -0.25) is 33.3 Å². The van der Waals surface area contributed by atoms with E-state index < -0.39 is 35.5 Å². The first-order chi connectivity index (χ1) is 33.7. The summed E-state index contributed by atoms with van der Waals surface area (Å²) in [6.45, 7) is 3.28. The number of halogens is 3. The average molecular weight is 960 g/mol. The van der Waals surface area contributed by atoms with Gasteiger partial charge in [-0.05, 0) is 112 Å². The van der Waals surface area contributed by atoms with Crippen molar-refractivity contribution in [1.29, 1.82) is 0 Å². The van der Waals surface area contributed by atoms with Crippen LogP contribution >= 0.6 is 0 Å². The number of anilines is 2. The first-order valence-electron chi connectivity index (χ1n) is 24.1. The number of aliphatic hydroxyl groups excluding tert-OH is 1. The zero-order chi connectivity index (χ0) is 49.0. The minimum atomic E-state index is -0.874. The predicted molar refractivity (Wildman–Crippen MR) is 256 cm³/mol. The number of pyridine rings is 2. The van der Waals surface area contributed by atoms with Crippen molar-refractivity contribution >= 4 is 40.1 Å². The van der Waals surface area contributed by atoms with E-state index in [1.54, 1.807) is 40.8 Å². The Labute approximate surface area is 402 Å². The molecule has 0 aliphatic carbocycles. The molecule has 16 nitrogen and oxygen atoms in total. The third kappa shape index (κ3) is 8.96. The summed E-state index contributed by atoms with van der Waals surface area (Å²) in [6, 6.07) is 13.1. The van der Waals surface area contributed by atoms with Gasteiger partial charge >= 0.3 is 0 Å². The molecule has 3 saturated heterocycles. The first-order valence-corrected chi connectivity index (χ1v) is 24.1. The molecule has 366 valence electrons. The maximum Gasteiger partial charge on any atom is 0.257 e. The number of piperidine rings is 3. The topological polar surface area (TPSA) is 176 Å². The van der Waals surface area contributed by atoms with Crippen LogP contribution in [0.1, 0.15) is 78.0 Å². The normalized spacial score (nSPS) is 20.5. The second-order valence-corrected chi connectivity index (χ2v) is 19.3. The van der Waals surface area contributed by atoms with Crippen molar-refractivity contribution in [2.45, 2.75) is 76.6 Å². The van der Waals surface area contributed by atoms with Gasteiger partial charge < -0.3 is 30.1 Å². The van der Waals surface area contributed by atoms with Crippen LogP contribution in [0.25, 0.3) is 28.0 Å². The molecule has 3 fully saturated rings. The number of aryl methyl sites for hydroxylation is 2. The zero-order valence-electron chi connectivity index (χ0n) is 39.4. The van der Waals surface area contributed by atoms with Crippen molar-refractivity contribution in [3.8, 4) is 16.9 Å². The third-order valence-electron chi connectivity index (χ3n) is 15.2. The number of nitrogens with one attached hydrogen (secondary N) is 2. The number of rotatable bonds is 11. The van der Waals surface area contributed by atoms with Gasteiger partial charge in [0.1, 0.15) is 29.2 Å². The van der Waals surface area contributed by atoms with Gasteiger partial charge in [0.05, 0.1) is 35.6 Å². The van der Waals surface area contributed by atoms with Crippen molar-refractivity contribution in [2.24, 2.45) is 24.8 Å². The van der Waals surface area contributed by atoms with Crippen LogP contribution in [-0.4, -0.2) is 108 Å². The average Bonchev–Trinajstić information content (AvgIpc) is 3.96. The zero-order valence-corrected chi connectivity index (χ0v) is 39.4. The third-order valence-corrected chi connectivity index (χ3v) is 15.2. The molecule has 6 aromatic rings. The Morgan fingerprint density at radius 2 is 1.61 bits per heavy atom. The van der Waals surface area contributed by atoms with E-state index in [0.29, 0.717) is 99.7 Å². The van der Waals surface area contributed by atoms with E-state index in [-0.39, 0.29) is 46.0 Å². The highest BCUT2D eigenvalue weighted by Crippen LogP contribution is 2.39. The highest BCUT2D eigenvalue weighted by atomic mass is 19.1. The van der Waals surface area contributed by atoms with Crippen molar-refractivity contribution in [3.05, 3.63) is 117 Å². The fourth-order valence-electron chi connectivity index (χ4n) is 11.1. The summed E-state index contributed by atoms with van der Waals surface area (Å²) < 4.78 is 51.4. The Morgan fingerprint density at radius 3 is 2.34 bits per heavy atom. The molecule has 0 radical (unpaired) electrons. The molecule has 4 aliphatic rings. The highest BCUT2D eigenvalue weighted by Gasteiger charge is 2.42. The number of aliphatic hydroxyl groups is 1. The van der Waals surface area contributed by atoms with Gasteiger partial charge in [0.2, 0.25) is 11.8 Å². The van der Waals surface area contributed by atoms with E-state index >= 15 is 8.78 Å². The lowest BCUT2D eigenvalue weighted by Gasteiger charge is -2.37. The number of nitrogens with zero attached hydrogens (tertiary/aromatic N) is 9. The SMILES string of the molecule is CNc1cc(=O)n(-c2ccnc3c2cc(CN2CCC(c4c(F)cc(C(=O)N5CCC(CCn6cc(-c7ccc8c(c7)N(C)C(=O)C(C7CCC(O)NC7=O)C8)nn6)CC5)cc4F)CC2)n3C)cc1F. The number of benzene rings is 2. The maximum atomic E-state index is 15.8. The largest absolute Gasteiger partial charge is 0.386 e. The summed E-state index contributed by atoms with van der Waals surface area (Å²) in [4.78, 5) is 62.6. The Hall–Kier alpha value is -6.86. The molecular weight excluding hydrogens is 904 g/mol. The standard InChI is InChI=1S/C51H56F3N11O5/c1-55-41-25-46(67)65(27-40(41)54)43-8-14-56-48-37(43)24-34(60(48)2)26-62-15-12-30(13-16-62)47-38(52)21-33(22-39(47)53)50(69)63-17-9-29(10-18-63)11-19-64-28-42(58-59-64)31-4-5-32-20-36(51(70)61(3)44(32)23-31)35-6-7-45(66)57-49(35)68/h4-5,8,14,21-25,27-30,35-36,45,55,66H,6-7,9-13,15-20,26H2,1-3H3,(H,57,68). The van der Waals surface area contributed by atoms with Gasteiger partial charge in [-0.1, -0.05) is 17.3 Å². The molecule has 8 heterocycles. The molecule has 70 heavy (non-hydrogen) atoms. The van der Waals surface area contributed by atoms with Crippen LogP contribution in [0.2, 0.25) is 0 Å². The van der Waals surface area contributed by atoms with E-state index in [2.05, 4.69) is 30.8 Å². The summed E-state index contributed by atoms with van der Waals surface area (Å²) in [6.07, 6.45) is 8.42. The number of fused-ring (bicyclic) bond motifs is 2. The molecule has 4 aliphatic heterocycles. The summed E-state index contributed by atoms with van der Waals surface area (Å²) in [7, 11) is 5.15. The number of hydrogen-bond acceptors (Lipinski definition) is 10. The number of likely N-dealkylation sites (tertiary alicyclic amines) is 2. The first kappa shape index (κ1) is 46.8. The molecule has 19 heteroatoms. The van der Waals surface area contributed by atoms with Gasteiger partial charge in [-0.25, -0.2) is 18.2 Å². The summed E-state index contributed by atoms with van der Waals surface area (Å²) in [5.41, 5.74) is 5.04. The fourth-order valence-corrected chi connectivity index (χ4v) is 11.1. The van der Waals surface area contributed by atoms with Crippen molar-refractivity contribution in [1.82, 2.24) is 44.2 Å². The second-order valence-electron chi connectivity index (χ2n) is 19.3. The van der Waals surface area contributed by atoms with E-state index in [1.807, 2.05) is 42.1 Å². The van der Waals surface area contributed by atoms with Gasteiger partial charge in [0, 0.05) is 93.0 Å². The van der Waals surface area contributed by atoms with Crippen molar-refractivity contribution in [3.63, 3.8) is 0 Å². The number of carbonyl (C=O) groups excluding carboxylic acids is 3. The molecule has 0 bridgehead atoms. The fraction of sp³-hybridized carbons (Fsp3) is 0.431. The lowest BCUT2D eigenvalue weighted by molar-refractivity contribution is -0.139. The summed E-state index contributed by atoms with van der Waals surface area (Å²) in [5.74, 6) is -3.78. The lowest BCUT2D eigenvalue weighted by Crippen LogP contribution is -2.51. The molecule has 3 atom stereocenters. The molecule has 0 spiro atoms. The minimum absolute atomic E-state index is 0.00595. The van der Waals surface area contributed by atoms with Crippen molar-refractivity contribution in [2.75, 3.05) is 50.5 Å². The van der Waals surface area contributed by atoms with Crippen LogP contribution in [0.5, 0.6) is 0 Å². The molecule has 2 aromatic carbocycles. The van der Waals surface area contributed by atoms with Gasteiger partial charge in [0.25, 0.3) is 11.5 Å². The lowest BCUT2D eigenvalue weighted by atomic mass is 9.78. The van der Waals surface area contributed by atoms with Crippen LogP contribution in [-0.2, 0) is 36.1 Å². The van der Waals surface area contributed by atoms with Crippen LogP contribution in [0.15, 0.2) is 71.9 Å². The Kier molecular flexibility index (Phi) is 12.8. The van der Waals surface area contributed by atoms with E-state index in [9.17, 15) is 28.7 Å². The highest BCUT2D eigenvalue weighted by molar-refractivity contribution is 6.01. The predicted octanol–water partition coefficient (Wildman–Crippen LogP) is 5.74. The van der Waals surface area contributed by atoms with E-state index in [4.69, 9.17) is 0 Å². The van der Waals surface area contributed by atoms with Crippen LogP contribution < -0.4 is 21.1 Å².